The van der Waals surface area contributed by atoms with Crippen LogP contribution in [0.25, 0.3) is 12.2 Å². The molecule has 0 amide bonds. The van der Waals surface area contributed by atoms with Gasteiger partial charge < -0.3 is 9.80 Å². The van der Waals surface area contributed by atoms with Gasteiger partial charge in [0, 0.05) is 37.5 Å². The molecule has 0 spiro atoms. The lowest BCUT2D eigenvalue weighted by Crippen LogP contribution is -2.23. The molecular weight excluding hydrogens is 270 g/mol. The predicted octanol–water partition coefficient (Wildman–Crippen LogP) is 3.06. The van der Waals surface area contributed by atoms with Gasteiger partial charge in [-0.2, -0.15) is 0 Å². The summed E-state index contributed by atoms with van der Waals surface area (Å²) in [6, 6.07) is 14.8. The lowest BCUT2D eigenvalue weighted by atomic mass is 10.1. The number of rotatable bonds is 7. The van der Waals surface area contributed by atoms with Gasteiger partial charge in [-0.05, 0) is 56.9 Å². The molecule has 2 aromatic rings. The van der Waals surface area contributed by atoms with Crippen LogP contribution in [0.4, 0.5) is 5.69 Å². The summed E-state index contributed by atoms with van der Waals surface area (Å²) in [5.41, 5.74) is 3.58. The number of hydrogen-bond donors (Lipinski definition) is 0. The second-order valence-electron chi connectivity index (χ2n) is 5.82. The van der Waals surface area contributed by atoms with Crippen LogP contribution < -0.4 is 9.88 Å². The Hall–Kier alpha value is -2.13. The zero-order valence-electron chi connectivity index (χ0n) is 13.8. The fourth-order valence-corrected chi connectivity index (χ4v) is 2.29. The third-order valence-electron chi connectivity index (χ3n) is 3.62. The van der Waals surface area contributed by atoms with Crippen LogP contribution in [0, 0.1) is 0 Å². The number of nitrogens with one attached hydrogen (secondary N) is 1. The maximum atomic E-state index is 3.20. The molecule has 3 heteroatoms. The zero-order valence-corrected chi connectivity index (χ0v) is 13.8. The molecule has 2 rings (SSSR count). The van der Waals surface area contributed by atoms with Crippen LogP contribution in [-0.4, -0.2) is 39.1 Å². The first-order valence-electron chi connectivity index (χ1n) is 7.76. The van der Waals surface area contributed by atoms with Crippen molar-refractivity contribution in [3.05, 3.63) is 59.9 Å². The fraction of sp³-hybridized carbons (Fsp3) is 0.316. The van der Waals surface area contributed by atoms with Gasteiger partial charge in [0.05, 0.1) is 0 Å². The Morgan fingerprint density at radius 2 is 1.68 bits per heavy atom. The highest BCUT2D eigenvalue weighted by atomic mass is 15.1. The van der Waals surface area contributed by atoms with Gasteiger partial charge >= 0.3 is 0 Å². The highest BCUT2D eigenvalue weighted by molar-refractivity contribution is 5.68. The topological polar surface area (TPSA) is 20.6 Å². The van der Waals surface area contributed by atoms with Gasteiger partial charge in [0.15, 0.2) is 6.20 Å². The fourth-order valence-electron chi connectivity index (χ4n) is 2.29. The van der Waals surface area contributed by atoms with Gasteiger partial charge in [0.2, 0.25) is 5.69 Å². The zero-order chi connectivity index (χ0) is 15.8. The normalized spacial score (nSPS) is 11.3. The molecule has 116 valence electrons. The van der Waals surface area contributed by atoms with Crippen LogP contribution in [-0.2, 0) is 0 Å². The van der Waals surface area contributed by atoms with Crippen LogP contribution in [0.15, 0.2) is 48.7 Å². The smallest absolute Gasteiger partial charge is 0.203 e. The molecule has 0 saturated heterocycles. The molecule has 0 saturated carbocycles. The van der Waals surface area contributed by atoms with Crippen molar-refractivity contribution in [2.45, 2.75) is 6.42 Å². The van der Waals surface area contributed by atoms with Gasteiger partial charge in [-0.15, -0.1) is 0 Å². The number of anilines is 1. The molecular formula is C19H26N3+. The van der Waals surface area contributed by atoms with E-state index in [9.17, 15) is 0 Å². The number of H-pyrrole nitrogens is 1. The van der Waals surface area contributed by atoms with Crippen molar-refractivity contribution in [3.63, 3.8) is 0 Å². The van der Waals surface area contributed by atoms with Gasteiger partial charge in [0.25, 0.3) is 0 Å². The Bertz CT molecular complexity index is 573. The summed E-state index contributed by atoms with van der Waals surface area (Å²) in [5, 5.41) is 0. The van der Waals surface area contributed by atoms with Crippen molar-refractivity contribution in [2.24, 2.45) is 0 Å². The highest BCUT2D eigenvalue weighted by Crippen LogP contribution is 2.15. The number of aromatic amines is 1. The number of pyridine rings is 1. The number of hydrogen-bond acceptors (Lipinski definition) is 2. The Labute approximate surface area is 133 Å². The van der Waals surface area contributed by atoms with Crippen LogP contribution in [0.1, 0.15) is 17.7 Å². The van der Waals surface area contributed by atoms with Gasteiger partial charge in [-0.1, -0.05) is 12.1 Å². The molecule has 3 nitrogen and oxygen atoms in total. The van der Waals surface area contributed by atoms with Crippen molar-refractivity contribution in [3.8, 4) is 0 Å². The van der Waals surface area contributed by atoms with Gasteiger partial charge in [-0.3, -0.25) is 0 Å². The Balaban J connectivity index is 1.91. The quantitative estimate of drug-likeness (QED) is 0.783. The third-order valence-corrected chi connectivity index (χ3v) is 3.62. The van der Waals surface area contributed by atoms with Crippen molar-refractivity contribution in [2.75, 3.05) is 39.1 Å². The van der Waals surface area contributed by atoms with Crippen LogP contribution >= 0.6 is 0 Å². The summed E-state index contributed by atoms with van der Waals surface area (Å²) >= 11 is 0. The monoisotopic (exact) mass is 296 g/mol. The summed E-state index contributed by atoms with van der Waals surface area (Å²) < 4.78 is 0. The van der Waals surface area contributed by atoms with E-state index in [1.54, 1.807) is 0 Å². The second-order valence-corrected chi connectivity index (χ2v) is 5.82. The van der Waals surface area contributed by atoms with E-state index in [2.05, 4.69) is 78.4 Å². The summed E-state index contributed by atoms with van der Waals surface area (Å²) in [4.78, 5) is 7.73. The minimum absolute atomic E-state index is 1.08. The molecule has 0 unspecified atom stereocenters. The summed E-state index contributed by atoms with van der Waals surface area (Å²) in [7, 11) is 6.38. The number of benzene rings is 1. The number of aromatic nitrogens is 1. The van der Waals surface area contributed by atoms with E-state index in [0.29, 0.717) is 0 Å². The van der Waals surface area contributed by atoms with Crippen LogP contribution in [0.5, 0.6) is 0 Å². The molecule has 0 bridgehead atoms. The average molecular weight is 296 g/mol. The lowest BCUT2D eigenvalue weighted by molar-refractivity contribution is -0.380. The van der Waals surface area contributed by atoms with E-state index >= 15 is 0 Å². The van der Waals surface area contributed by atoms with Gasteiger partial charge in [0.1, 0.15) is 0 Å². The van der Waals surface area contributed by atoms with E-state index in [0.717, 1.165) is 18.8 Å². The molecule has 0 aliphatic rings. The molecule has 0 radical (unpaired) electrons. The van der Waals surface area contributed by atoms with Crippen LogP contribution in [0.3, 0.4) is 0 Å². The number of nitrogens with zero attached hydrogens (tertiary/aromatic N) is 2. The Morgan fingerprint density at radius 1 is 0.909 bits per heavy atom. The summed E-state index contributed by atoms with van der Waals surface area (Å²) in [5.74, 6) is 0. The van der Waals surface area contributed by atoms with Crippen molar-refractivity contribution in [1.29, 1.82) is 0 Å². The molecule has 0 aliphatic heterocycles. The Morgan fingerprint density at radius 3 is 2.32 bits per heavy atom. The average Bonchev–Trinajstić information content (AvgIpc) is 2.54. The third kappa shape index (κ3) is 5.34. The van der Waals surface area contributed by atoms with Gasteiger partial charge in [-0.25, -0.2) is 4.98 Å². The maximum Gasteiger partial charge on any atom is 0.203 e. The maximum absolute atomic E-state index is 3.20. The van der Waals surface area contributed by atoms with E-state index in [4.69, 9.17) is 0 Å². The van der Waals surface area contributed by atoms with E-state index < -0.39 is 0 Å². The van der Waals surface area contributed by atoms with E-state index in [1.165, 1.54) is 17.7 Å². The summed E-state index contributed by atoms with van der Waals surface area (Å²) in [6.45, 7) is 2.20. The first-order valence-corrected chi connectivity index (χ1v) is 7.76. The molecule has 22 heavy (non-hydrogen) atoms. The SMILES string of the molecule is CN(C)CCCN(C)c1ccc(/C=C/c2cccc[nH+]2)cc1. The van der Waals surface area contributed by atoms with Crippen molar-refractivity contribution < 1.29 is 4.98 Å². The molecule has 1 aromatic heterocycles. The molecule has 0 aliphatic carbocycles. The first kappa shape index (κ1) is 16.2. The summed E-state index contributed by atoms with van der Waals surface area (Å²) in [6.07, 6.45) is 7.33. The lowest BCUT2D eigenvalue weighted by Gasteiger charge is -2.20. The minimum Gasteiger partial charge on any atom is -0.375 e. The van der Waals surface area contributed by atoms with Crippen molar-refractivity contribution in [1.82, 2.24) is 4.90 Å². The van der Waals surface area contributed by atoms with E-state index in [-0.39, 0.29) is 0 Å². The van der Waals surface area contributed by atoms with Crippen LogP contribution in [0.2, 0.25) is 0 Å². The van der Waals surface area contributed by atoms with E-state index in [1.807, 2.05) is 18.3 Å². The second kappa shape index (κ2) is 8.35. The molecule has 1 heterocycles. The molecule has 1 aromatic carbocycles. The molecule has 0 fully saturated rings. The Kier molecular flexibility index (Phi) is 6.16. The predicted molar refractivity (Wildman–Crippen MR) is 94.8 cm³/mol. The van der Waals surface area contributed by atoms with Crippen molar-refractivity contribution >= 4 is 17.8 Å². The first-order chi connectivity index (χ1) is 10.6. The largest absolute Gasteiger partial charge is 0.375 e. The standard InChI is InChI=1S/C19H25N3/c1-21(2)15-6-16-22(3)19-12-9-17(10-13-19)8-11-18-7-4-5-14-20-18/h4-5,7-14H,6,15-16H2,1-3H3/p+1/b11-8+. The molecule has 0 atom stereocenters. The minimum atomic E-state index is 1.08. The molecule has 1 N–H and O–H groups in total. The highest BCUT2D eigenvalue weighted by Gasteiger charge is 2.01.